The molecule has 92 valence electrons. The molecule has 2 aliphatic heterocycles. The third kappa shape index (κ3) is 2.18. The molecule has 2 nitrogen and oxygen atoms in total. The third-order valence-electron chi connectivity index (χ3n) is 3.82. The zero-order valence-electron chi connectivity index (χ0n) is 10.2. The molecule has 2 aliphatic rings. The highest BCUT2D eigenvalue weighted by atomic mass is 32.2. The van der Waals surface area contributed by atoms with Crippen LogP contribution in [-0.4, -0.2) is 25.2 Å². The Balaban J connectivity index is 1.85. The molecule has 3 rings (SSSR count). The molecule has 17 heavy (non-hydrogen) atoms. The van der Waals surface area contributed by atoms with Crippen molar-refractivity contribution in [3.05, 3.63) is 29.3 Å². The lowest BCUT2D eigenvalue weighted by Crippen LogP contribution is -2.25. The predicted octanol–water partition coefficient (Wildman–Crippen LogP) is 2.64. The Morgan fingerprint density at radius 2 is 2.41 bits per heavy atom. The van der Waals surface area contributed by atoms with Gasteiger partial charge in [-0.15, -0.1) is 0 Å². The second-order valence-electron chi connectivity index (χ2n) is 4.86. The fraction of sp³-hybridized carbons (Fsp3) is 0.571. The van der Waals surface area contributed by atoms with E-state index in [4.69, 9.17) is 4.74 Å². The lowest BCUT2D eigenvalue weighted by atomic mass is 9.91. The average molecular weight is 249 g/mol. The van der Waals surface area contributed by atoms with Crippen LogP contribution in [0.3, 0.4) is 0 Å². The third-order valence-corrected chi connectivity index (χ3v) is 5.01. The molecule has 2 heterocycles. The lowest BCUT2D eigenvalue weighted by molar-refractivity contribution is 0.356. The molecule has 1 aromatic carbocycles. The summed E-state index contributed by atoms with van der Waals surface area (Å²) in [7, 11) is 2.08. The zero-order chi connectivity index (χ0) is 11.7. The van der Waals surface area contributed by atoms with Crippen LogP contribution in [0, 0.1) is 5.92 Å². The fourth-order valence-electron chi connectivity index (χ4n) is 2.89. The van der Waals surface area contributed by atoms with Gasteiger partial charge in [0.25, 0.3) is 0 Å². The van der Waals surface area contributed by atoms with Gasteiger partial charge in [0.2, 0.25) is 0 Å². The summed E-state index contributed by atoms with van der Waals surface area (Å²) in [5.41, 5.74) is 2.82. The minimum Gasteiger partial charge on any atom is -0.493 e. The second-order valence-corrected chi connectivity index (χ2v) is 6.01. The number of thioether (sulfide) groups is 1. The van der Waals surface area contributed by atoms with Gasteiger partial charge >= 0.3 is 0 Å². The first kappa shape index (κ1) is 11.4. The average Bonchev–Trinajstić information content (AvgIpc) is 2.99. The molecule has 0 bridgehead atoms. The van der Waals surface area contributed by atoms with E-state index in [0.717, 1.165) is 24.7 Å². The summed E-state index contributed by atoms with van der Waals surface area (Å²) in [4.78, 5) is 0. The van der Waals surface area contributed by atoms with E-state index in [2.05, 4.69) is 42.3 Å². The molecule has 1 N–H and O–H groups in total. The van der Waals surface area contributed by atoms with E-state index in [-0.39, 0.29) is 0 Å². The molecule has 2 unspecified atom stereocenters. The molecule has 1 aromatic rings. The molecule has 1 fully saturated rings. The zero-order valence-corrected chi connectivity index (χ0v) is 11.1. The normalized spacial score (nSPS) is 24.4. The maximum absolute atomic E-state index is 5.57. The first-order chi connectivity index (χ1) is 8.38. The summed E-state index contributed by atoms with van der Waals surface area (Å²) < 4.78 is 5.57. The molecule has 3 heteroatoms. The van der Waals surface area contributed by atoms with Crippen molar-refractivity contribution in [3.63, 3.8) is 0 Å². The van der Waals surface area contributed by atoms with Gasteiger partial charge in [0.15, 0.2) is 0 Å². The highest BCUT2D eigenvalue weighted by Crippen LogP contribution is 2.36. The van der Waals surface area contributed by atoms with Gasteiger partial charge in [-0.1, -0.05) is 12.1 Å². The summed E-state index contributed by atoms with van der Waals surface area (Å²) in [5, 5.41) is 3.50. The monoisotopic (exact) mass is 249 g/mol. The lowest BCUT2D eigenvalue weighted by Gasteiger charge is -2.23. The van der Waals surface area contributed by atoms with E-state index < -0.39 is 0 Å². The number of hydrogen-bond acceptors (Lipinski definition) is 3. The number of ether oxygens (including phenoxy) is 1. The Bertz CT molecular complexity index is 401. The predicted molar refractivity (Wildman–Crippen MR) is 72.9 cm³/mol. The Morgan fingerprint density at radius 3 is 3.18 bits per heavy atom. The van der Waals surface area contributed by atoms with Gasteiger partial charge in [-0.25, -0.2) is 0 Å². The first-order valence-electron chi connectivity index (χ1n) is 6.39. The number of nitrogens with one attached hydrogen (secondary N) is 1. The summed E-state index contributed by atoms with van der Waals surface area (Å²) in [6, 6.07) is 7.22. The maximum Gasteiger partial charge on any atom is 0.122 e. The van der Waals surface area contributed by atoms with Gasteiger partial charge in [0.1, 0.15) is 5.75 Å². The Hall–Kier alpha value is -0.670. The Morgan fingerprint density at radius 1 is 1.47 bits per heavy atom. The van der Waals surface area contributed by atoms with Crippen molar-refractivity contribution in [2.24, 2.45) is 5.92 Å². The van der Waals surface area contributed by atoms with E-state index in [1.54, 1.807) is 0 Å². The van der Waals surface area contributed by atoms with E-state index >= 15 is 0 Å². The van der Waals surface area contributed by atoms with Crippen molar-refractivity contribution in [1.82, 2.24) is 5.32 Å². The number of hydrogen-bond donors (Lipinski definition) is 1. The van der Waals surface area contributed by atoms with Crippen LogP contribution >= 0.6 is 11.8 Å². The summed E-state index contributed by atoms with van der Waals surface area (Å²) in [6.07, 6.45) is 2.41. The molecule has 0 radical (unpaired) electrons. The largest absolute Gasteiger partial charge is 0.493 e. The SMILES string of the molecule is CNC(c1ccc2c(c1)CCO2)C1CCSC1. The Kier molecular flexibility index (Phi) is 3.30. The van der Waals surface area contributed by atoms with Crippen LogP contribution in [-0.2, 0) is 6.42 Å². The van der Waals surface area contributed by atoms with Crippen LogP contribution in [0.5, 0.6) is 5.75 Å². The Labute approximate surface area is 107 Å². The van der Waals surface area contributed by atoms with Crippen LogP contribution < -0.4 is 10.1 Å². The number of rotatable bonds is 3. The first-order valence-corrected chi connectivity index (χ1v) is 7.54. The van der Waals surface area contributed by atoms with Gasteiger partial charge < -0.3 is 10.1 Å². The molecule has 0 aromatic heterocycles. The quantitative estimate of drug-likeness (QED) is 0.890. The van der Waals surface area contributed by atoms with E-state index in [9.17, 15) is 0 Å². The van der Waals surface area contributed by atoms with Crippen molar-refractivity contribution < 1.29 is 4.74 Å². The summed E-state index contributed by atoms with van der Waals surface area (Å²) >= 11 is 2.08. The highest BCUT2D eigenvalue weighted by Gasteiger charge is 2.26. The molecular weight excluding hydrogens is 230 g/mol. The van der Waals surface area contributed by atoms with Crippen LogP contribution in [0.4, 0.5) is 0 Å². The topological polar surface area (TPSA) is 21.3 Å². The molecule has 0 aliphatic carbocycles. The van der Waals surface area contributed by atoms with Crippen LogP contribution in [0.15, 0.2) is 18.2 Å². The summed E-state index contributed by atoms with van der Waals surface area (Å²) in [5.74, 6) is 4.48. The van der Waals surface area contributed by atoms with Crippen LogP contribution in [0.2, 0.25) is 0 Å². The van der Waals surface area contributed by atoms with Crippen molar-refractivity contribution >= 4 is 11.8 Å². The van der Waals surface area contributed by atoms with E-state index in [0.29, 0.717) is 6.04 Å². The molecule has 1 saturated heterocycles. The highest BCUT2D eigenvalue weighted by molar-refractivity contribution is 7.99. The van der Waals surface area contributed by atoms with Gasteiger partial charge in [-0.2, -0.15) is 11.8 Å². The van der Waals surface area contributed by atoms with Gasteiger partial charge in [-0.3, -0.25) is 0 Å². The summed E-state index contributed by atoms with van der Waals surface area (Å²) in [6.45, 7) is 0.849. The number of fused-ring (bicyclic) bond motifs is 1. The van der Waals surface area contributed by atoms with Gasteiger partial charge in [-0.05, 0) is 48.1 Å². The molecule has 0 saturated carbocycles. The van der Waals surface area contributed by atoms with Crippen molar-refractivity contribution in [1.29, 1.82) is 0 Å². The minimum absolute atomic E-state index is 0.510. The molecule has 0 amide bonds. The smallest absolute Gasteiger partial charge is 0.122 e. The van der Waals surface area contributed by atoms with Gasteiger partial charge in [0.05, 0.1) is 6.61 Å². The molecule has 0 spiro atoms. The maximum atomic E-state index is 5.57. The van der Waals surface area contributed by atoms with Gasteiger partial charge in [0, 0.05) is 12.5 Å². The van der Waals surface area contributed by atoms with Crippen LogP contribution in [0.25, 0.3) is 0 Å². The molecule has 2 atom stereocenters. The minimum atomic E-state index is 0.510. The van der Waals surface area contributed by atoms with Crippen molar-refractivity contribution in [2.75, 3.05) is 25.2 Å². The van der Waals surface area contributed by atoms with Crippen LogP contribution in [0.1, 0.15) is 23.6 Å². The number of benzene rings is 1. The molecular formula is C14H19NOS. The van der Waals surface area contributed by atoms with E-state index in [1.165, 1.54) is 29.1 Å². The second kappa shape index (κ2) is 4.91. The van der Waals surface area contributed by atoms with Crippen molar-refractivity contribution in [2.45, 2.75) is 18.9 Å². The van der Waals surface area contributed by atoms with Crippen molar-refractivity contribution in [3.8, 4) is 5.75 Å². The standard InChI is InChI=1S/C14H19NOS/c1-15-14(12-5-7-17-9-12)11-2-3-13-10(8-11)4-6-16-13/h2-3,8,12,14-15H,4-7,9H2,1H3. The van der Waals surface area contributed by atoms with E-state index in [1.807, 2.05) is 0 Å². The fourth-order valence-corrected chi connectivity index (χ4v) is 4.19.